The Hall–Kier alpha value is -1.97. The molecule has 1 aromatic rings. The van der Waals surface area contributed by atoms with Gasteiger partial charge in [0, 0.05) is 26.2 Å². The third kappa shape index (κ3) is 5.84. The molecular weight excluding hydrogens is 420 g/mol. The van der Waals surface area contributed by atoms with Crippen molar-refractivity contribution in [3.63, 3.8) is 0 Å². The van der Waals surface area contributed by atoms with E-state index < -0.39 is 16.0 Å². The second-order valence-electron chi connectivity index (χ2n) is 8.92. The Morgan fingerprint density at radius 1 is 0.968 bits per heavy atom. The molecule has 0 spiro atoms. The van der Waals surface area contributed by atoms with Gasteiger partial charge in [-0.05, 0) is 56.4 Å². The molecule has 0 bridgehead atoms. The van der Waals surface area contributed by atoms with Crippen LogP contribution in [0, 0.1) is 11.8 Å². The topological polar surface area (TPSA) is 93.2 Å². The molecular formula is C22H32N2O6S. The molecule has 0 N–H and O–H groups in total. The van der Waals surface area contributed by atoms with E-state index in [0.29, 0.717) is 38.0 Å². The number of benzene rings is 1. The number of carbonyl (C=O) groups excluding carboxylic acids is 2. The Balaban J connectivity index is 1.59. The van der Waals surface area contributed by atoms with Gasteiger partial charge in [0.15, 0.2) is 6.61 Å². The highest BCUT2D eigenvalue weighted by atomic mass is 32.2. The van der Waals surface area contributed by atoms with E-state index in [1.165, 1.54) is 28.6 Å². The molecule has 1 aromatic carbocycles. The lowest BCUT2D eigenvalue weighted by atomic mass is 9.94. The molecule has 0 saturated carbocycles. The molecule has 2 aliphatic heterocycles. The average Bonchev–Trinajstić information content (AvgIpc) is 2.70. The summed E-state index contributed by atoms with van der Waals surface area (Å²) >= 11 is 0. The van der Waals surface area contributed by atoms with Crippen LogP contribution in [0.25, 0.3) is 0 Å². The maximum absolute atomic E-state index is 13.0. The van der Waals surface area contributed by atoms with Crippen molar-refractivity contribution < 1.29 is 27.5 Å². The molecule has 2 fully saturated rings. The van der Waals surface area contributed by atoms with Gasteiger partial charge < -0.3 is 14.4 Å². The van der Waals surface area contributed by atoms with E-state index in [9.17, 15) is 18.0 Å². The molecule has 9 heteroatoms. The lowest BCUT2D eigenvalue weighted by Gasteiger charge is -2.35. The number of morpholine rings is 1. The smallest absolute Gasteiger partial charge is 0.338 e. The minimum atomic E-state index is -3.61. The van der Waals surface area contributed by atoms with Gasteiger partial charge in [0.25, 0.3) is 5.91 Å². The summed E-state index contributed by atoms with van der Waals surface area (Å²) in [6.45, 7) is 9.44. The third-order valence-electron chi connectivity index (χ3n) is 5.66. The second-order valence-corrected chi connectivity index (χ2v) is 10.9. The zero-order valence-corrected chi connectivity index (χ0v) is 19.4. The maximum Gasteiger partial charge on any atom is 0.338 e. The van der Waals surface area contributed by atoms with Crippen LogP contribution in [0.15, 0.2) is 29.2 Å². The largest absolute Gasteiger partial charge is 0.452 e. The molecule has 2 aliphatic rings. The lowest BCUT2D eigenvalue weighted by molar-refractivity contribution is -0.146. The van der Waals surface area contributed by atoms with Gasteiger partial charge >= 0.3 is 5.97 Å². The molecule has 172 valence electrons. The van der Waals surface area contributed by atoms with Gasteiger partial charge in [-0.2, -0.15) is 4.31 Å². The van der Waals surface area contributed by atoms with Gasteiger partial charge in [0.2, 0.25) is 10.0 Å². The first-order valence-electron chi connectivity index (χ1n) is 10.8. The van der Waals surface area contributed by atoms with Crippen LogP contribution in [0.5, 0.6) is 0 Å². The third-order valence-corrected chi connectivity index (χ3v) is 7.51. The lowest BCUT2D eigenvalue weighted by Crippen LogP contribution is -2.49. The fraction of sp³-hybridized carbons (Fsp3) is 0.636. The minimum absolute atomic E-state index is 0.0660. The zero-order valence-electron chi connectivity index (χ0n) is 18.6. The van der Waals surface area contributed by atoms with Gasteiger partial charge in [-0.1, -0.05) is 13.8 Å². The average molecular weight is 453 g/mol. The van der Waals surface area contributed by atoms with Crippen molar-refractivity contribution in [2.45, 2.75) is 51.2 Å². The van der Waals surface area contributed by atoms with Gasteiger partial charge in [-0.3, -0.25) is 4.79 Å². The van der Waals surface area contributed by atoms with E-state index in [2.05, 4.69) is 13.8 Å². The molecule has 2 saturated heterocycles. The molecule has 0 aliphatic carbocycles. The molecule has 31 heavy (non-hydrogen) atoms. The molecule has 1 amide bonds. The first-order chi connectivity index (χ1) is 14.6. The van der Waals surface area contributed by atoms with Crippen molar-refractivity contribution in [2.75, 3.05) is 32.8 Å². The van der Waals surface area contributed by atoms with Crippen LogP contribution >= 0.6 is 0 Å². The fourth-order valence-electron chi connectivity index (χ4n) is 4.40. The summed E-state index contributed by atoms with van der Waals surface area (Å²) in [6, 6.07) is 5.69. The number of esters is 1. The van der Waals surface area contributed by atoms with Crippen LogP contribution < -0.4 is 0 Å². The number of hydrogen-bond acceptors (Lipinski definition) is 6. The predicted molar refractivity (Wildman–Crippen MR) is 115 cm³/mol. The summed E-state index contributed by atoms with van der Waals surface area (Å²) < 4.78 is 38.2. The van der Waals surface area contributed by atoms with Crippen LogP contribution in [0.4, 0.5) is 0 Å². The summed E-state index contributed by atoms with van der Waals surface area (Å²) in [5.74, 6) is -0.319. The van der Waals surface area contributed by atoms with E-state index in [0.717, 1.165) is 6.42 Å². The van der Waals surface area contributed by atoms with Crippen LogP contribution in [-0.4, -0.2) is 74.5 Å². The summed E-state index contributed by atoms with van der Waals surface area (Å²) in [7, 11) is -3.61. The van der Waals surface area contributed by atoms with Crippen molar-refractivity contribution in [1.29, 1.82) is 0 Å². The fourth-order valence-corrected chi connectivity index (χ4v) is 6.08. The molecule has 4 unspecified atom stereocenters. The molecule has 8 nitrogen and oxygen atoms in total. The highest BCUT2D eigenvalue weighted by molar-refractivity contribution is 7.89. The maximum atomic E-state index is 13.0. The highest BCUT2D eigenvalue weighted by Crippen LogP contribution is 2.26. The van der Waals surface area contributed by atoms with Crippen LogP contribution in [0.1, 0.15) is 44.5 Å². The number of nitrogens with zero attached hydrogens (tertiary/aromatic N) is 2. The van der Waals surface area contributed by atoms with Gasteiger partial charge in [-0.25, -0.2) is 13.2 Å². The predicted octanol–water partition coefficient (Wildman–Crippen LogP) is 2.15. The first kappa shape index (κ1) is 23.7. The molecule has 0 aromatic heterocycles. The van der Waals surface area contributed by atoms with E-state index in [-0.39, 0.29) is 35.2 Å². The second kappa shape index (κ2) is 9.67. The summed E-state index contributed by atoms with van der Waals surface area (Å²) in [5, 5.41) is 0. The molecule has 0 radical (unpaired) electrons. The number of hydrogen-bond donors (Lipinski definition) is 0. The number of piperidine rings is 1. The highest BCUT2D eigenvalue weighted by Gasteiger charge is 2.32. The van der Waals surface area contributed by atoms with Crippen LogP contribution in [-0.2, 0) is 24.3 Å². The number of amides is 1. The number of sulfonamides is 1. The normalized spacial score (nSPS) is 27.7. The number of rotatable bonds is 5. The van der Waals surface area contributed by atoms with Crippen molar-refractivity contribution >= 4 is 21.9 Å². The van der Waals surface area contributed by atoms with Crippen molar-refractivity contribution in [3.8, 4) is 0 Å². The molecule has 3 rings (SSSR count). The summed E-state index contributed by atoms with van der Waals surface area (Å²) in [4.78, 5) is 26.5. The Morgan fingerprint density at radius 2 is 1.52 bits per heavy atom. The number of carbonyl (C=O) groups is 2. The van der Waals surface area contributed by atoms with Crippen molar-refractivity contribution in [1.82, 2.24) is 9.21 Å². The minimum Gasteiger partial charge on any atom is -0.452 e. The number of ether oxygens (including phenoxy) is 2. The van der Waals surface area contributed by atoms with Gasteiger partial charge in [-0.15, -0.1) is 0 Å². The van der Waals surface area contributed by atoms with E-state index in [1.54, 1.807) is 4.90 Å². The SMILES string of the molecule is CC1CC(C)CN(S(=O)(=O)c2ccc(C(=O)OCC(=O)N3CC(C)OC(C)C3)cc2)C1. The van der Waals surface area contributed by atoms with E-state index in [4.69, 9.17) is 9.47 Å². The quantitative estimate of drug-likeness (QED) is 0.636. The Kier molecular flexibility index (Phi) is 7.39. The van der Waals surface area contributed by atoms with Crippen LogP contribution in [0.2, 0.25) is 0 Å². The van der Waals surface area contributed by atoms with E-state index in [1.807, 2.05) is 13.8 Å². The Labute approximate surface area is 184 Å². The monoisotopic (exact) mass is 452 g/mol. The van der Waals surface area contributed by atoms with E-state index >= 15 is 0 Å². The van der Waals surface area contributed by atoms with Crippen molar-refractivity contribution in [3.05, 3.63) is 29.8 Å². The first-order valence-corrected chi connectivity index (χ1v) is 12.2. The summed E-state index contributed by atoms with van der Waals surface area (Å²) in [5.41, 5.74) is 0.204. The van der Waals surface area contributed by atoms with Gasteiger partial charge in [0.1, 0.15) is 0 Å². The molecule has 2 heterocycles. The molecule has 4 atom stereocenters. The summed E-state index contributed by atoms with van der Waals surface area (Å²) in [6.07, 6.45) is 0.880. The Morgan fingerprint density at radius 3 is 2.06 bits per heavy atom. The zero-order chi connectivity index (χ0) is 22.8. The van der Waals surface area contributed by atoms with Crippen molar-refractivity contribution in [2.24, 2.45) is 11.8 Å². The standard InChI is InChI=1S/C22H32N2O6S/c1-15-9-16(2)11-24(10-15)31(27,28)20-7-5-19(6-8-20)22(26)29-14-21(25)23-12-17(3)30-18(4)13-23/h5-8,15-18H,9-14H2,1-4H3. The van der Waals surface area contributed by atoms with Gasteiger partial charge in [0.05, 0.1) is 22.7 Å². The van der Waals surface area contributed by atoms with Crippen LogP contribution in [0.3, 0.4) is 0 Å². The Bertz CT molecular complexity index is 881.